The summed E-state index contributed by atoms with van der Waals surface area (Å²) < 4.78 is 1.61. The summed E-state index contributed by atoms with van der Waals surface area (Å²) in [6.07, 6.45) is 0. The van der Waals surface area contributed by atoms with Gasteiger partial charge >= 0.3 is 0 Å². The standard InChI is InChI=1S/C3H6N4/c1-3-4-5-6-7(3)2/h1-2H3. The van der Waals surface area contributed by atoms with Crippen LogP contribution in [-0.2, 0) is 7.05 Å². The Kier molecular flexibility index (Phi) is 0.780. The Hall–Kier alpha value is -0.930. The molecule has 0 saturated heterocycles. The van der Waals surface area contributed by atoms with Crippen LogP contribution in [0.4, 0.5) is 0 Å². The second-order valence-electron chi connectivity index (χ2n) is 1.35. The van der Waals surface area contributed by atoms with Gasteiger partial charge in [-0.1, -0.05) is 0 Å². The summed E-state index contributed by atoms with van der Waals surface area (Å²) in [5.41, 5.74) is 0. The summed E-state index contributed by atoms with van der Waals surface area (Å²) in [6, 6.07) is 0. The van der Waals surface area contributed by atoms with E-state index in [0.29, 0.717) is 0 Å². The van der Waals surface area contributed by atoms with Crippen molar-refractivity contribution in [2.75, 3.05) is 0 Å². The van der Waals surface area contributed by atoms with E-state index in [1.807, 2.05) is 6.92 Å². The van der Waals surface area contributed by atoms with Gasteiger partial charge in [-0.2, -0.15) is 0 Å². The Balaban J connectivity index is 3.12. The van der Waals surface area contributed by atoms with Gasteiger partial charge in [-0.25, -0.2) is 4.68 Å². The molecule has 0 aromatic carbocycles. The molecule has 0 N–H and O–H groups in total. The molecule has 1 aromatic rings. The number of aromatic nitrogens is 4. The van der Waals surface area contributed by atoms with E-state index in [4.69, 9.17) is 0 Å². The summed E-state index contributed by atoms with van der Waals surface area (Å²) in [5.74, 6) is 0.833. The molecule has 1 rings (SSSR count). The zero-order valence-electron chi connectivity index (χ0n) is 4.29. The molecule has 0 unspecified atom stereocenters. The van der Waals surface area contributed by atoms with Crippen LogP contribution < -0.4 is 0 Å². The number of aryl methyl sites for hydroxylation is 2. The van der Waals surface area contributed by atoms with Crippen molar-refractivity contribution in [1.29, 1.82) is 0 Å². The molecule has 0 aliphatic rings. The van der Waals surface area contributed by atoms with Gasteiger partial charge in [0.25, 0.3) is 0 Å². The average Bonchev–Trinajstić information content (AvgIpc) is 1.91. The van der Waals surface area contributed by atoms with Crippen LogP contribution in [0.2, 0.25) is 0 Å². The number of nitrogens with zero attached hydrogens (tertiary/aromatic N) is 4. The molecule has 1 heterocycles. The molecule has 7 heavy (non-hydrogen) atoms. The molecule has 0 fully saturated rings. The fourth-order valence-electron chi connectivity index (χ4n) is 0.274. The number of hydrogen-bond donors (Lipinski definition) is 0. The van der Waals surface area contributed by atoms with E-state index in [1.165, 1.54) is 0 Å². The quantitative estimate of drug-likeness (QED) is 0.440. The van der Waals surface area contributed by atoms with E-state index in [-0.39, 0.29) is 0 Å². The molecule has 0 radical (unpaired) electrons. The molecule has 0 spiro atoms. The van der Waals surface area contributed by atoms with E-state index >= 15 is 0 Å². The van der Waals surface area contributed by atoms with Gasteiger partial charge in [-0.05, 0) is 17.4 Å². The van der Waals surface area contributed by atoms with E-state index in [1.54, 1.807) is 11.7 Å². The first-order valence-electron chi connectivity index (χ1n) is 1.99. The minimum Gasteiger partial charge on any atom is -0.233 e. The SMILES string of the molecule is Cc1nnnn1C. The molecule has 0 atom stereocenters. The number of tetrazole rings is 1. The molecule has 0 amide bonds. The van der Waals surface area contributed by atoms with Crippen molar-refractivity contribution in [1.82, 2.24) is 20.2 Å². The Bertz CT molecular complexity index is 139. The van der Waals surface area contributed by atoms with Gasteiger partial charge in [0.2, 0.25) is 0 Å². The van der Waals surface area contributed by atoms with Crippen LogP contribution in [0.5, 0.6) is 0 Å². The highest BCUT2D eigenvalue weighted by atomic mass is 15.5. The topological polar surface area (TPSA) is 43.6 Å². The summed E-state index contributed by atoms with van der Waals surface area (Å²) in [7, 11) is 1.80. The summed E-state index contributed by atoms with van der Waals surface area (Å²) in [4.78, 5) is 0. The largest absolute Gasteiger partial charge is 0.233 e. The monoisotopic (exact) mass is 98.1 g/mol. The Labute approximate surface area is 41.1 Å². The van der Waals surface area contributed by atoms with Crippen molar-refractivity contribution in [2.24, 2.45) is 7.05 Å². The third-order valence-electron chi connectivity index (χ3n) is 0.832. The van der Waals surface area contributed by atoms with Crippen LogP contribution in [0.15, 0.2) is 0 Å². The van der Waals surface area contributed by atoms with E-state index in [9.17, 15) is 0 Å². The first-order chi connectivity index (χ1) is 3.30. The van der Waals surface area contributed by atoms with Gasteiger partial charge in [0.15, 0.2) is 0 Å². The van der Waals surface area contributed by atoms with Crippen LogP contribution in [0.1, 0.15) is 5.82 Å². The smallest absolute Gasteiger partial charge is 0.147 e. The average molecular weight is 98.1 g/mol. The lowest BCUT2D eigenvalue weighted by Gasteiger charge is -1.81. The first kappa shape index (κ1) is 4.23. The minimum absolute atomic E-state index is 0.833. The van der Waals surface area contributed by atoms with Crippen LogP contribution in [0.3, 0.4) is 0 Å². The third-order valence-corrected chi connectivity index (χ3v) is 0.832. The summed E-state index contributed by atoms with van der Waals surface area (Å²) in [5, 5.41) is 10.6. The zero-order chi connectivity index (χ0) is 5.28. The lowest BCUT2D eigenvalue weighted by atomic mass is 10.7. The predicted molar refractivity (Wildman–Crippen MR) is 23.5 cm³/mol. The molecule has 0 saturated carbocycles. The van der Waals surface area contributed by atoms with Crippen LogP contribution in [-0.4, -0.2) is 20.2 Å². The van der Waals surface area contributed by atoms with Gasteiger partial charge in [0.1, 0.15) is 5.82 Å². The minimum atomic E-state index is 0.833. The highest BCUT2D eigenvalue weighted by Crippen LogP contribution is 1.78. The van der Waals surface area contributed by atoms with Crippen LogP contribution in [0.25, 0.3) is 0 Å². The molecule has 0 aliphatic carbocycles. The van der Waals surface area contributed by atoms with Crippen LogP contribution in [0, 0.1) is 6.92 Å². The molecule has 4 heteroatoms. The number of hydrogen-bond acceptors (Lipinski definition) is 3. The highest BCUT2D eigenvalue weighted by molar-refractivity contribution is 4.69. The maximum absolute atomic E-state index is 3.62. The highest BCUT2D eigenvalue weighted by Gasteiger charge is 1.87. The molecular weight excluding hydrogens is 92.1 g/mol. The van der Waals surface area contributed by atoms with Crippen molar-refractivity contribution in [2.45, 2.75) is 6.92 Å². The second kappa shape index (κ2) is 1.29. The lowest BCUT2D eigenvalue weighted by Crippen LogP contribution is -1.92. The fourth-order valence-corrected chi connectivity index (χ4v) is 0.274. The van der Waals surface area contributed by atoms with Crippen molar-refractivity contribution >= 4 is 0 Å². The third kappa shape index (κ3) is 0.581. The maximum Gasteiger partial charge on any atom is 0.147 e. The molecule has 4 nitrogen and oxygen atoms in total. The van der Waals surface area contributed by atoms with Gasteiger partial charge < -0.3 is 0 Å². The Morgan fingerprint density at radius 3 is 2.43 bits per heavy atom. The van der Waals surface area contributed by atoms with E-state index in [2.05, 4.69) is 15.5 Å². The predicted octanol–water partition coefficient (Wildman–Crippen LogP) is -0.481. The molecule has 0 bridgehead atoms. The number of rotatable bonds is 0. The molecule has 1 aromatic heterocycles. The van der Waals surface area contributed by atoms with Gasteiger partial charge in [-0.15, -0.1) is 5.10 Å². The normalized spacial score (nSPS) is 9.43. The lowest BCUT2D eigenvalue weighted by molar-refractivity contribution is 0.695. The van der Waals surface area contributed by atoms with Crippen molar-refractivity contribution in [3.63, 3.8) is 0 Å². The van der Waals surface area contributed by atoms with Gasteiger partial charge in [0.05, 0.1) is 0 Å². The fraction of sp³-hybridized carbons (Fsp3) is 0.667. The zero-order valence-corrected chi connectivity index (χ0v) is 4.29. The Morgan fingerprint density at radius 2 is 2.29 bits per heavy atom. The van der Waals surface area contributed by atoms with Crippen LogP contribution >= 0.6 is 0 Å². The summed E-state index contributed by atoms with van der Waals surface area (Å²) in [6.45, 7) is 1.85. The van der Waals surface area contributed by atoms with Crippen molar-refractivity contribution in [3.05, 3.63) is 5.82 Å². The summed E-state index contributed by atoms with van der Waals surface area (Å²) >= 11 is 0. The van der Waals surface area contributed by atoms with Crippen molar-refractivity contribution in [3.8, 4) is 0 Å². The Morgan fingerprint density at radius 1 is 1.57 bits per heavy atom. The second-order valence-corrected chi connectivity index (χ2v) is 1.35. The molecular formula is C3H6N4. The first-order valence-corrected chi connectivity index (χ1v) is 1.99. The van der Waals surface area contributed by atoms with E-state index < -0.39 is 0 Å². The van der Waals surface area contributed by atoms with Crippen molar-refractivity contribution < 1.29 is 0 Å². The molecule has 38 valence electrons. The van der Waals surface area contributed by atoms with Gasteiger partial charge in [-0.3, -0.25) is 0 Å². The van der Waals surface area contributed by atoms with E-state index in [0.717, 1.165) is 5.82 Å². The molecule has 0 aliphatic heterocycles. The maximum atomic E-state index is 3.62. The van der Waals surface area contributed by atoms with Gasteiger partial charge in [0, 0.05) is 7.05 Å².